The van der Waals surface area contributed by atoms with Gasteiger partial charge >= 0.3 is 0 Å². The van der Waals surface area contributed by atoms with Gasteiger partial charge < -0.3 is 0 Å². The molecule has 1 aliphatic rings. The van der Waals surface area contributed by atoms with Crippen molar-refractivity contribution in [3.8, 4) is 0 Å². The van der Waals surface area contributed by atoms with Crippen LogP contribution in [-0.2, 0) is 4.79 Å². The number of allylic oxidation sites excluding steroid dienone is 2. The fourth-order valence-electron chi connectivity index (χ4n) is 1.74. The van der Waals surface area contributed by atoms with Gasteiger partial charge in [0.25, 0.3) is 0 Å². The van der Waals surface area contributed by atoms with Crippen molar-refractivity contribution in [3.05, 3.63) is 39.9 Å². The summed E-state index contributed by atoms with van der Waals surface area (Å²) in [7, 11) is 0. The Hall–Kier alpha value is -0.790. The topological polar surface area (TPSA) is 17.1 Å². The first-order valence-corrected chi connectivity index (χ1v) is 5.62. The van der Waals surface area contributed by atoms with Gasteiger partial charge in [0.15, 0.2) is 5.78 Å². The normalized spacial score (nSPS) is 17.1. The summed E-state index contributed by atoms with van der Waals surface area (Å²) >= 11 is 11.9. The van der Waals surface area contributed by atoms with E-state index in [0.717, 1.165) is 18.4 Å². The summed E-state index contributed by atoms with van der Waals surface area (Å²) in [5.41, 5.74) is 1.54. The van der Waals surface area contributed by atoms with Crippen LogP contribution in [0.5, 0.6) is 0 Å². The molecule has 0 atom stereocenters. The number of hydrogen-bond acceptors (Lipinski definition) is 1. The van der Waals surface area contributed by atoms with Crippen molar-refractivity contribution in [1.29, 1.82) is 0 Å². The zero-order chi connectivity index (χ0) is 10.8. The molecule has 0 saturated heterocycles. The molecule has 0 bridgehead atoms. The van der Waals surface area contributed by atoms with Crippen LogP contribution >= 0.6 is 23.2 Å². The van der Waals surface area contributed by atoms with Crippen molar-refractivity contribution in [2.75, 3.05) is 0 Å². The van der Waals surface area contributed by atoms with Gasteiger partial charge in [0, 0.05) is 22.0 Å². The van der Waals surface area contributed by atoms with Crippen LogP contribution in [0.3, 0.4) is 0 Å². The molecule has 15 heavy (non-hydrogen) atoms. The van der Waals surface area contributed by atoms with E-state index in [0.29, 0.717) is 22.0 Å². The van der Waals surface area contributed by atoms with Gasteiger partial charge in [-0.2, -0.15) is 0 Å². The number of carbonyl (C=O) groups excluding carboxylic acids is 1. The lowest BCUT2D eigenvalue weighted by Gasteiger charge is -2.15. The van der Waals surface area contributed by atoms with E-state index < -0.39 is 0 Å². The molecule has 2 rings (SSSR count). The number of halogens is 2. The molecule has 0 fully saturated rings. The van der Waals surface area contributed by atoms with E-state index in [4.69, 9.17) is 23.2 Å². The minimum atomic E-state index is 0.133. The molecule has 78 valence electrons. The quantitative estimate of drug-likeness (QED) is 0.725. The summed E-state index contributed by atoms with van der Waals surface area (Å²) in [6.45, 7) is 0. The summed E-state index contributed by atoms with van der Waals surface area (Å²) in [5.74, 6) is 0.133. The maximum absolute atomic E-state index is 11.7. The third-order valence-corrected chi connectivity index (χ3v) is 3.11. The van der Waals surface area contributed by atoms with Gasteiger partial charge in [0.05, 0.1) is 0 Å². The van der Waals surface area contributed by atoms with Crippen LogP contribution in [0.2, 0.25) is 5.02 Å². The monoisotopic (exact) mass is 240 g/mol. The Bertz CT molecular complexity index is 418. The van der Waals surface area contributed by atoms with E-state index in [1.54, 1.807) is 12.1 Å². The first-order chi connectivity index (χ1) is 7.18. The fourth-order valence-corrected chi connectivity index (χ4v) is 2.21. The second-order valence-corrected chi connectivity index (χ2v) is 4.46. The smallest absolute Gasteiger partial charge is 0.164 e. The summed E-state index contributed by atoms with van der Waals surface area (Å²) < 4.78 is 0. The molecular formula is C12H10Cl2O. The SMILES string of the molecule is O=C1CCCC(Cl)=C1c1ccc(Cl)cc1. The highest BCUT2D eigenvalue weighted by Crippen LogP contribution is 2.32. The molecule has 1 nitrogen and oxygen atoms in total. The third kappa shape index (κ3) is 2.24. The second-order valence-electron chi connectivity index (χ2n) is 3.56. The molecule has 0 saturated carbocycles. The molecule has 0 aliphatic heterocycles. The minimum Gasteiger partial charge on any atom is -0.294 e. The number of benzene rings is 1. The Labute approximate surface area is 98.7 Å². The molecule has 0 amide bonds. The summed E-state index contributed by atoms with van der Waals surface area (Å²) in [4.78, 5) is 11.7. The molecule has 1 aliphatic carbocycles. The highest BCUT2D eigenvalue weighted by Gasteiger charge is 2.20. The van der Waals surface area contributed by atoms with Crippen molar-refractivity contribution >= 4 is 34.6 Å². The largest absolute Gasteiger partial charge is 0.294 e. The molecule has 0 unspecified atom stereocenters. The Morgan fingerprint density at radius 2 is 1.67 bits per heavy atom. The number of rotatable bonds is 1. The van der Waals surface area contributed by atoms with Crippen molar-refractivity contribution in [2.45, 2.75) is 19.3 Å². The van der Waals surface area contributed by atoms with Crippen LogP contribution in [0.25, 0.3) is 5.57 Å². The maximum atomic E-state index is 11.7. The van der Waals surface area contributed by atoms with Crippen molar-refractivity contribution in [1.82, 2.24) is 0 Å². The van der Waals surface area contributed by atoms with E-state index >= 15 is 0 Å². The lowest BCUT2D eigenvalue weighted by Crippen LogP contribution is -2.08. The third-order valence-electron chi connectivity index (χ3n) is 2.48. The molecule has 0 N–H and O–H groups in total. The Morgan fingerprint density at radius 3 is 2.27 bits per heavy atom. The number of hydrogen-bond donors (Lipinski definition) is 0. The highest BCUT2D eigenvalue weighted by atomic mass is 35.5. The Kier molecular flexibility index (Phi) is 3.13. The lowest BCUT2D eigenvalue weighted by molar-refractivity contribution is -0.114. The van der Waals surface area contributed by atoms with Gasteiger partial charge in [-0.15, -0.1) is 0 Å². The van der Waals surface area contributed by atoms with Crippen LogP contribution in [0.1, 0.15) is 24.8 Å². The molecular weight excluding hydrogens is 231 g/mol. The van der Waals surface area contributed by atoms with Gasteiger partial charge in [0.2, 0.25) is 0 Å². The van der Waals surface area contributed by atoms with Crippen LogP contribution in [-0.4, -0.2) is 5.78 Å². The molecule has 1 aromatic carbocycles. The first kappa shape index (κ1) is 10.7. The predicted octanol–water partition coefficient (Wildman–Crippen LogP) is 4.04. The standard InChI is InChI=1S/C12H10Cl2O/c13-9-6-4-8(5-7-9)12-10(14)2-1-3-11(12)15/h4-7H,1-3H2. The minimum absolute atomic E-state index is 0.133. The first-order valence-electron chi connectivity index (χ1n) is 4.86. The average Bonchev–Trinajstić information content (AvgIpc) is 2.20. The maximum Gasteiger partial charge on any atom is 0.164 e. The van der Waals surface area contributed by atoms with Crippen molar-refractivity contribution in [2.24, 2.45) is 0 Å². The lowest BCUT2D eigenvalue weighted by atomic mass is 9.92. The van der Waals surface area contributed by atoms with E-state index in [2.05, 4.69) is 0 Å². The summed E-state index contributed by atoms with van der Waals surface area (Å²) in [5, 5.41) is 1.34. The Morgan fingerprint density at radius 1 is 1.00 bits per heavy atom. The molecule has 0 heterocycles. The number of carbonyl (C=O) groups is 1. The van der Waals surface area contributed by atoms with Crippen LogP contribution in [0, 0.1) is 0 Å². The summed E-state index contributed by atoms with van der Waals surface area (Å²) in [6.07, 6.45) is 2.24. The zero-order valence-corrected chi connectivity index (χ0v) is 9.61. The summed E-state index contributed by atoms with van der Waals surface area (Å²) in [6, 6.07) is 7.22. The molecule has 0 radical (unpaired) electrons. The number of Topliss-reactive ketones (excluding diaryl/α,β-unsaturated/α-hetero) is 1. The predicted molar refractivity (Wildman–Crippen MR) is 63.1 cm³/mol. The van der Waals surface area contributed by atoms with Gasteiger partial charge in [0.1, 0.15) is 0 Å². The molecule has 3 heteroatoms. The van der Waals surface area contributed by atoms with E-state index in [1.807, 2.05) is 12.1 Å². The zero-order valence-electron chi connectivity index (χ0n) is 8.09. The molecule has 0 aromatic heterocycles. The number of ketones is 1. The molecule has 1 aromatic rings. The average molecular weight is 241 g/mol. The van der Waals surface area contributed by atoms with Crippen LogP contribution < -0.4 is 0 Å². The van der Waals surface area contributed by atoms with Gasteiger partial charge in [-0.1, -0.05) is 35.3 Å². The van der Waals surface area contributed by atoms with E-state index in [-0.39, 0.29) is 5.78 Å². The van der Waals surface area contributed by atoms with Crippen molar-refractivity contribution < 1.29 is 4.79 Å². The van der Waals surface area contributed by atoms with Gasteiger partial charge in [-0.3, -0.25) is 4.79 Å². The van der Waals surface area contributed by atoms with Gasteiger partial charge in [-0.25, -0.2) is 0 Å². The van der Waals surface area contributed by atoms with Crippen LogP contribution in [0.4, 0.5) is 0 Å². The van der Waals surface area contributed by atoms with Crippen LogP contribution in [0.15, 0.2) is 29.3 Å². The second kappa shape index (κ2) is 4.38. The van der Waals surface area contributed by atoms with Gasteiger partial charge in [-0.05, 0) is 30.5 Å². The van der Waals surface area contributed by atoms with E-state index in [1.165, 1.54) is 0 Å². The van der Waals surface area contributed by atoms with E-state index in [9.17, 15) is 4.79 Å². The fraction of sp³-hybridized carbons (Fsp3) is 0.250. The Balaban J connectivity index is 2.44. The highest BCUT2D eigenvalue weighted by molar-refractivity contribution is 6.40. The van der Waals surface area contributed by atoms with Crippen molar-refractivity contribution in [3.63, 3.8) is 0 Å². The molecule has 0 spiro atoms.